The second kappa shape index (κ2) is 6.86. The van der Waals surface area contributed by atoms with E-state index in [0.29, 0.717) is 22.2 Å². The quantitative estimate of drug-likeness (QED) is 0.408. The number of nitrogens with zero attached hydrogens (tertiary/aromatic N) is 2. The Labute approximate surface area is 161 Å². The van der Waals surface area contributed by atoms with Crippen LogP contribution in [0.3, 0.4) is 0 Å². The molecule has 3 aromatic heterocycles. The highest BCUT2D eigenvalue weighted by Crippen LogP contribution is 2.28. The number of amides is 1. The lowest BCUT2D eigenvalue weighted by molar-refractivity contribution is 0.0996. The van der Waals surface area contributed by atoms with Gasteiger partial charge in [-0.15, -0.1) is 0 Å². The lowest BCUT2D eigenvalue weighted by Gasteiger charge is -2.07. The Hall–Kier alpha value is -4.01. The number of pyridine rings is 2. The molecule has 0 saturated heterocycles. The van der Waals surface area contributed by atoms with E-state index < -0.39 is 40.4 Å². The van der Waals surface area contributed by atoms with Gasteiger partial charge in [0, 0.05) is 40.7 Å². The van der Waals surface area contributed by atoms with Crippen LogP contribution in [0.1, 0.15) is 26.3 Å². The number of hydrogen-bond donors (Lipinski definition) is 2. The molecule has 1 amide bonds. The summed E-state index contributed by atoms with van der Waals surface area (Å²) in [5.41, 5.74) is 4.90. The van der Waals surface area contributed by atoms with Crippen molar-refractivity contribution in [1.82, 2.24) is 15.0 Å². The molecule has 3 N–H and O–H groups in total. The Bertz CT molecular complexity index is 1280. The summed E-state index contributed by atoms with van der Waals surface area (Å²) in [5.74, 6) is -5.21. The number of benzene rings is 1. The van der Waals surface area contributed by atoms with Gasteiger partial charge in [-0.3, -0.25) is 9.59 Å². The number of rotatable bonds is 4. The normalized spacial score (nSPS) is 11.0. The van der Waals surface area contributed by atoms with Crippen LogP contribution in [-0.2, 0) is 0 Å². The first-order valence-electron chi connectivity index (χ1n) is 8.28. The maximum atomic E-state index is 14.6. The maximum absolute atomic E-state index is 14.6. The third-order valence-electron chi connectivity index (χ3n) is 4.42. The molecular formula is C20H11F3N4O2. The van der Waals surface area contributed by atoms with Crippen LogP contribution in [0.2, 0.25) is 0 Å². The molecule has 0 spiro atoms. The van der Waals surface area contributed by atoms with Crippen LogP contribution in [0, 0.1) is 17.6 Å². The van der Waals surface area contributed by atoms with Crippen LogP contribution < -0.4 is 5.73 Å². The topological polar surface area (TPSA) is 102 Å². The number of halogens is 3. The molecule has 6 nitrogen and oxygen atoms in total. The van der Waals surface area contributed by atoms with Gasteiger partial charge in [0.15, 0.2) is 0 Å². The Kier molecular flexibility index (Phi) is 4.34. The van der Waals surface area contributed by atoms with Crippen molar-refractivity contribution in [2.45, 2.75) is 0 Å². The number of aromatic nitrogens is 3. The van der Waals surface area contributed by atoms with Crippen LogP contribution in [0.15, 0.2) is 48.9 Å². The van der Waals surface area contributed by atoms with E-state index in [-0.39, 0.29) is 5.56 Å². The Morgan fingerprint density at radius 1 is 0.931 bits per heavy atom. The lowest BCUT2D eigenvalue weighted by atomic mass is 9.98. The van der Waals surface area contributed by atoms with Gasteiger partial charge in [-0.2, -0.15) is 4.39 Å². The number of nitrogens with one attached hydrogen (secondary N) is 1. The summed E-state index contributed by atoms with van der Waals surface area (Å²) in [6.45, 7) is 0. The van der Waals surface area contributed by atoms with Crippen LogP contribution in [0.5, 0.6) is 0 Å². The van der Waals surface area contributed by atoms with E-state index >= 15 is 0 Å². The molecule has 144 valence electrons. The number of nitrogens with two attached hydrogens (primary N) is 1. The van der Waals surface area contributed by atoms with E-state index in [4.69, 9.17) is 5.73 Å². The molecule has 0 aliphatic rings. The van der Waals surface area contributed by atoms with Gasteiger partial charge in [-0.1, -0.05) is 0 Å². The Balaban J connectivity index is 1.86. The van der Waals surface area contributed by atoms with Crippen LogP contribution in [-0.4, -0.2) is 26.6 Å². The van der Waals surface area contributed by atoms with Crippen molar-refractivity contribution >= 4 is 22.7 Å². The first-order chi connectivity index (χ1) is 13.9. The highest BCUT2D eigenvalue weighted by atomic mass is 19.1. The van der Waals surface area contributed by atoms with Crippen molar-refractivity contribution in [3.05, 3.63) is 83.2 Å². The number of primary amides is 1. The smallest absolute Gasteiger partial charge is 0.251 e. The zero-order chi connectivity index (χ0) is 20.7. The van der Waals surface area contributed by atoms with E-state index in [1.54, 1.807) is 6.07 Å². The summed E-state index contributed by atoms with van der Waals surface area (Å²) in [6.07, 6.45) is 4.04. The molecule has 3 heterocycles. The molecule has 4 aromatic rings. The van der Waals surface area contributed by atoms with Crippen molar-refractivity contribution in [2.24, 2.45) is 5.73 Å². The minimum Gasteiger partial charge on any atom is -0.366 e. The fraction of sp³-hybridized carbons (Fsp3) is 0. The molecule has 0 bridgehead atoms. The monoisotopic (exact) mass is 396 g/mol. The van der Waals surface area contributed by atoms with E-state index in [1.165, 1.54) is 30.7 Å². The highest BCUT2D eigenvalue weighted by molar-refractivity contribution is 6.17. The fourth-order valence-corrected chi connectivity index (χ4v) is 2.98. The number of carbonyl (C=O) groups excluding carboxylic acids is 2. The van der Waals surface area contributed by atoms with Crippen molar-refractivity contribution in [1.29, 1.82) is 0 Å². The number of aromatic amines is 1. The van der Waals surface area contributed by atoms with Gasteiger partial charge in [0.1, 0.15) is 17.3 Å². The van der Waals surface area contributed by atoms with Crippen molar-refractivity contribution in [3.63, 3.8) is 0 Å². The summed E-state index contributed by atoms with van der Waals surface area (Å²) in [6, 6.07) is 5.89. The summed E-state index contributed by atoms with van der Waals surface area (Å²) >= 11 is 0. The van der Waals surface area contributed by atoms with Crippen LogP contribution in [0.25, 0.3) is 22.2 Å². The van der Waals surface area contributed by atoms with E-state index in [0.717, 1.165) is 12.1 Å². The molecule has 1 aromatic carbocycles. The van der Waals surface area contributed by atoms with Gasteiger partial charge < -0.3 is 10.7 Å². The van der Waals surface area contributed by atoms with Crippen LogP contribution >= 0.6 is 0 Å². The maximum Gasteiger partial charge on any atom is 0.251 e. The molecule has 0 saturated carbocycles. The molecule has 0 radical (unpaired) electrons. The predicted molar refractivity (Wildman–Crippen MR) is 97.6 cm³/mol. The van der Waals surface area contributed by atoms with Gasteiger partial charge in [-0.05, 0) is 30.3 Å². The van der Waals surface area contributed by atoms with Gasteiger partial charge in [0.25, 0.3) is 5.91 Å². The average molecular weight is 396 g/mol. The molecule has 0 atom stereocenters. The standard InChI is InChI=1S/C20H11F3N4O2/c21-14-3-2-11(19(24)29)17(23)16(14)18(28)13-8-27-20-12(13)5-10(7-26-20)9-1-4-15(22)25-6-9/h1-8H,(H2,24,29)(H,26,27). The van der Waals surface area contributed by atoms with Crippen molar-refractivity contribution < 1.29 is 22.8 Å². The van der Waals surface area contributed by atoms with Crippen LogP contribution in [0.4, 0.5) is 13.2 Å². The van der Waals surface area contributed by atoms with Crippen molar-refractivity contribution in [3.8, 4) is 11.1 Å². The number of ketones is 1. The number of fused-ring (bicyclic) bond motifs is 1. The zero-order valence-corrected chi connectivity index (χ0v) is 14.5. The summed E-state index contributed by atoms with van der Waals surface area (Å²) in [5, 5.41) is 0.292. The minimum atomic E-state index is -1.33. The largest absolute Gasteiger partial charge is 0.366 e. The van der Waals surface area contributed by atoms with Gasteiger partial charge in [0.2, 0.25) is 11.7 Å². The lowest BCUT2D eigenvalue weighted by Crippen LogP contribution is -2.17. The summed E-state index contributed by atoms with van der Waals surface area (Å²) in [4.78, 5) is 34.7. The zero-order valence-electron chi connectivity index (χ0n) is 14.5. The number of carbonyl (C=O) groups is 2. The van der Waals surface area contributed by atoms with Crippen molar-refractivity contribution in [2.75, 3.05) is 0 Å². The molecule has 4 rings (SSSR count). The SMILES string of the molecule is NC(=O)c1ccc(F)c(C(=O)c2c[nH]c3ncc(-c4ccc(F)nc4)cc23)c1F. The second-order valence-corrected chi connectivity index (χ2v) is 6.17. The molecule has 9 heteroatoms. The second-order valence-electron chi connectivity index (χ2n) is 6.17. The first-order valence-corrected chi connectivity index (χ1v) is 8.28. The van der Waals surface area contributed by atoms with Gasteiger partial charge in [0.05, 0.1) is 11.1 Å². The van der Waals surface area contributed by atoms with Gasteiger partial charge >= 0.3 is 0 Å². The van der Waals surface area contributed by atoms with E-state index in [2.05, 4.69) is 15.0 Å². The fourth-order valence-electron chi connectivity index (χ4n) is 2.98. The molecule has 0 unspecified atom stereocenters. The number of H-pyrrole nitrogens is 1. The third-order valence-corrected chi connectivity index (χ3v) is 4.42. The average Bonchev–Trinajstić information content (AvgIpc) is 3.11. The molecule has 0 aliphatic heterocycles. The van der Waals surface area contributed by atoms with E-state index in [9.17, 15) is 22.8 Å². The minimum absolute atomic E-state index is 0.0520. The molecule has 0 fully saturated rings. The Morgan fingerprint density at radius 3 is 2.38 bits per heavy atom. The molecule has 0 aliphatic carbocycles. The summed E-state index contributed by atoms with van der Waals surface area (Å²) in [7, 11) is 0. The third kappa shape index (κ3) is 3.12. The Morgan fingerprint density at radius 2 is 1.69 bits per heavy atom. The predicted octanol–water partition coefficient (Wildman–Crippen LogP) is 3.37. The summed E-state index contributed by atoms with van der Waals surface area (Å²) < 4.78 is 41.9. The van der Waals surface area contributed by atoms with E-state index in [1.807, 2.05) is 0 Å². The molecule has 29 heavy (non-hydrogen) atoms. The highest BCUT2D eigenvalue weighted by Gasteiger charge is 2.25. The first kappa shape index (κ1) is 18.4. The number of hydrogen-bond acceptors (Lipinski definition) is 4. The van der Waals surface area contributed by atoms with Gasteiger partial charge in [-0.25, -0.2) is 18.7 Å². The molecular weight excluding hydrogens is 385 g/mol.